The number of carbonyl (C=O) groups excluding carboxylic acids is 1. The fraction of sp³-hybridized carbons (Fsp3) is 0.533. The smallest absolute Gasteiger partial charge is 0.176 e. The molecule has 1 aromatic carbocycles. The molecule has 18 heavy (non-hydrogen) atoms. The minimum absolute atomic E-state index is 0.121. The van der Waals surface area contributed by atoms with E-state index in [4.69, 9.17) is 0 Å². The van der Waals surface area contributed by atoms with Crippen LogP contribution < -0.4 is 0 Å². The summed E-state index contributed by atoms with van der Waals surface area (Å²) < 4.78 is 0. The Morgan fingerprint density at radius 2 is 1.94 bits per heavy atom. The zero-order valence-corrected chi connectivity index (χ0v) is 10.9. The Hall–Kier alpha value is -1.19. The van der Waals surface area contributed by atoms with Crippen LogP contribution in [0.1, 0.15) is 36.0 Å². The lowest BCUT2D eigenvalue weighted by molar-refractivity contribution is 0.0322. The van der Waals surface area contributed by atoms with Crippen molar-refractivity contribution in [1.29, 1.82) is 0 Å². The minimum atomic E-state index is -0.285. The first-order chi connectivity index (χ1) is 8.68. The molecular formula is C15H21NO2. The van der Waals surface area contributed by atoms with Crippen LogP contribution in [0.15, 0.2) is 30.3 Å². The molecule has 1 fully saturated rings. The molecule has 0 radical (unpaired) electrons. The highest BCUT2D eigenvalue weighted by molar-refractivity contribution is 5.97. The Balaban J connectivity index is 1.94. The average Bonchev–Trinajstić information content (AvgIpc) is 2.40. The van der Waals surface area contributed by atoms with Crippen molar-refractivity contribution in [3.8, 4) is 0 Å². The number of aliphatic hydroxyl groups excluding tert-OH is 1. The molecule has 0 aromatic heterocycles. The maximum Gasteiger partial charge on any atom is 0.176 e. The van der Waals surface area contributed by atoms with Gasteiger partial charge in [-0.3, -0.25) is 9.69 Å². The molecule has 3 heteroatoms. The molecule has 3 nitrogen and oxygen atoms in total. The predicted molar refractivity (Wildman–Crippen MR) is 71.7 cm³/mol. The van der Waals surface area contributed by atoms with Crippen molar-refractivity contribution in [1.82, 2.24) is 4.90 Å². The van der Waals surface area contributed by atoms with Gasteiger partial charge in [0.2, 0.25) is 0 Å². The predicted octanol–water partition coefficient (Wildman–Crippen LogP) is 2.10. The highest BCUT2D eigenvalue weighted by Gasteiger charge is 2.27. The number of ketones is 1. The normalized spacial score (nSPS) is 24.2. The number of hydrogen-bond donors (Lipinski definition) is 1. The molecule has 98 valence electrons. The summed E-state index contributed by atoms with van der Waals surface area (Å²) in [6.45, 7) is 0.381. The third-order valence-corrected chi connectivity index (χ3v) is 3.75. The maximum absolute atomic E-state index is 12.1. The Morgan fingerprint density at radius 1 is 1.28 bits per heavy atom. The first kappa shape index (κ1) is 13.2. The molecule has 2 rings (SSSR count). The van der Waals surface area contributed by atoms with E-state index in [1.54, 1.807) is 0 Å². The highest BCUT2D eigenvalue weighted by Crippen LogP contribution is 2.22. The van der Waals surface area contributed by atoms with E-state index in [0.29, 0.717) is 6.54 Å². The fourth-order valence-electron chi connectivity index (χ4n) is 2.66. The molecule has 2 atom stereocenters. The minimum Gasteiger partial charge on any atom is -0.391 e. The second-order valence-electron chi connectivity index (χ2n) is 5.12. The van der Waals surface area contributed by atoms with Crippen LogP contribution in [0.25, 0.3) is 0 Å². The van der Waals surface area contributed by atoms with Gasteiger partial charge < -0.3 is 5.11 Å². The summed E-state index contributed by atoms with van der Waals surface area (Å²) >= 11 is 0. The largest absolute Gasteiger partial charge is 0.391 e. The summed E-state index contributed by atoms with van der Waals surface area (Å²) in [5.41, 5.74) is 0.745. The Kier molecular flexibility index (Phi) is 4.50. The molecule has 1 aromatic rings. The van der Waals surface area contributed by atoms with Gasteiger partial charge in [0.15, 0.2) is 5.78 Å². The molecule has 0 bridgehead atoms. The van der Waals surface area contributed by atoms with Gasteiger partial charge >= 0.3 is 0 Å². The van der Waals surface area contributed by atoms with E-state index in [1.165, 1.54) is 0 Å². The molecule has 2 unspecified atom stereocenters. The summed E-state index contributed by atoms with van der Waals surface area (Å²) in [5.74, 6) is 0.121. The molecule has 0 saturated heterocycles. The van der Waals surface area contributed by atoms with Crippen molar-refractivity contribution in [2.75, 3.05) is 13.6 Å². The van der Waals surface area contributed by atoms with Crippen LogP contribution >= 0.6 is 0 Å². The summed E-state index contributed by atoms with van der Waals surface area (Å²) in [7, 11) is 1.93. The van der Waals surface area contributed by atoms with Crippen molar-refractivity contribution >= 4 is 5.78 Å². The van der Waals surface area contributed by atoms with Gasteiger partial charge in [0.1, 0.15) is 0 Å². The van der Waals surface area contributed by atoms with Gasteiger partial charge in [0, 0.05) is 11.6 Å². The number of nitrogens with zero attached hydrogens (tertiary/aromatic N) is 1. The van der Waals surface area contributed by atoms with E-state index < -0.39 is 0 Å². The summed E-state index contributed by atoms with van der Waals surface area (Å²) in [6, 6.07) is 9.48. The van der Waals surface area contributed by atoms with Crippen molar-refractivity contribution in [2.24, 2.45) is 0 Å². The van der Waals surface area contributed by atoms with E-state index in [-0.39, 0.29) is 17.9 Å². The topological polar surface area (TPSA) is 40.5 Å². The van der Waals surface area contributed by atoms with Crippen LogP contribution in [0.3, 0.4) is 0 Å². The summed E-state index contributed by atoms with van der Waals surface area (Å²) in [5, 5.41) is 9.97. The zero-order valence-electron chi connectivity index (χ0n) is 10.9. The average molecular weight is 247 g/mol. The van der Waals surface area contributed by atoms with Gasteiger partial charge in [-0.25, -0.2) is 0 Å². The van der Waals surface area contributed by atoms with E-state index in [1.807, 2.05) is 42.3 Å². The Bertz CT molecular complexity index is 391. The van der Waals surface area contributed by atoms with E-state index in [0.717, 1.165) is 31.2 Å². The van der Waals surface area contributed by atoms with Gasteiger partial charge in [-0.1, -0.05) is 43.2 Å². The lowest BCUT2D eigenvalue weighted by Crippen LogP contribution is -2.45. The van der Waals surface area contributed by atoms with E-state index in [2.05, 4.69) is 0 Å². The lowest BCUT2D eigenvalue weighted by atomic mass is 9.91. The Morgan fingerprint density at radius 3 is 2.61 bits per heavy atom. The molecule has 1 saturated carbocycles. The second-order valence-corrected chi connectivity index (χ2v) is 5.12. The number of likely N-dealkylation sites (N-methyl/N-ethyl adjacent to an activating group) is 1. The molecule has 1 aliphatic carbocycles. The van der Waals surface area contributed by atoms with Crippen LogP contribution in [0.2, 0.25) is 0 Å². The second kappa shape index (κ2) is 6.12. The van der Waals surface area contributed by atoms with Crippen LogP contribution in [-0.4, -0.2) is 41.5 Å². The molecule has 0 aliphatic heterocycles. The number of carbonyl (C=O) groups is 1. The maximum atomic E-state index is 12.1. The number of rotatable bonds is 4. The van der Waals surface area contributed by atoms with Crippen LogP contribution in [0.4, 0.5) is 0 Å². The quantitative estimate of drug-likeness (QED) is 0.828. The van der Waals surface area contributed by atoms with Crippen molar-refractivity contribution < 1.29 is 9.90 Å². The summed E-state index contributed by atoms with van der Waals surface area (Å²) in [6.07, 6.45) is 3.80. The first-order valence-corrected chi connectivity index (χ1v) is 6.65. The third kappa shape index (κ3) is 3.18. The number of benzene rings is 1. The lowest BCUT2D eigenvalue weighted by Gasteiger charge is -2.34. The van der Waals surface area contributed by atoms with Crippen molar-refractivity contribution in [3.05, 3.63) is 35.9 Å². The molecule has 1 N–H and O–H groups in total. The van der Waals surface area contributed by atoms with Crippen molar-refractivity contribution in [2.45, 2.75) is 37.8 Å². The Labute approximate surface area is 108 Å². The van der Waals surface area contributed by atoms with Gasteiger partial charge in [0.05, 0.1) is 12.6 Å². The van der Waals surface area contributed by atoms with Gasteiger partial charge in [-0.15, -0.1) is 0 Å². The summed E-state index contributed by atoms with van der Waals surface area (Å²) in [4.78, 5) is 14.1. The molecule has 0 heterocycles. The van der Waals surface area contributed by atoms with Gasteiger partial charge in [-0.05, 0) is 19.9 Å². The number of Topliss-reactive ketones (excluding diaryl/α,β-unsaturated/α-hetero) is 1. The van der Waals surface area contributed by atoms with E-state index >= 15 is 0 Å². The van der Waals surface area contributed by atoms with Gasteiger partial charge in [-0.2, -0.15) is 0 Å². The molecular weight excluding hydrogens is 226 g/mol. The number of hydrogen-bond acceptors (Lipinski definition) is 3. The van der Waals surface area contributed by atoms with E-state index in [9.17, 15) is 9.90 Å². The monoisotopic (exact) mass is 247 g/mol. The van der Waals surface area contributed by atoms with Crippen LogP contribution in [0.5, 0.6) is 0 Å². The third-order valence-electron chi connectivity index (χ3n) is 3.75. The molecule has 1 aliphatic rings. The first-order valence-electron chi connectivity index (χ1n) is 6.65. The fourth-order valence-corrected chi connectivity index (χ4v) is 2.66. The van der Waals surface area contributed by atoms with Gasteiger partial charge in [0.25, 0.3) is 0 Å². The van der Waals surface area contributed by atoms with Crippen molar-refractivity contribution in [3.63, 3.8) is 0 Å². The highest BCUT2D eigenvalue weighted by atomic mass is 16.3. The zero-order chi connectivity index (χ0) is 13.0. The SMILES string of the molecule is CN(CC(=O)c1ccccc1)C1CCCCC1O. The number of aliphatic hydroxyl groups is 1. The van der Waals surface area contributed by atoms with Crippen LogP contribution in [0, 0.1) is 0 Å². The van der Waals surface area contributed by atoms with Crippen LogP contribution in [-0.2, 0) is 0 Å². The molecule has 0 amide bonds. The standard InChI is InChI=1S/C15H21NO2/c1-16(13-9-5-6-10-14(13)17)11-15(18)12-7-3-2-4-8-12/h2-4,7-8,13-14,17H,5-6,9-11H2,1H3. The molecule has 0 spiro atoms.